The van der Waals surface area contributed by atoms with E-state index < -0.39 is 5.41 Å². The maximum absolute atomic E-state index is 12.5. The Morgan fingerprint density at radius 2 is 1.96 bits per heavy atom. The molecule has 3 heterocycles. The van der Waals surface area contributed by atoms with Gasteiger partial charge >= 0.3 is 0 Å². The lowest BCUT2D eigenvalue weighted by Crippen LogP contribution is -2.32. The zero-order valence-corrected chi connectivity index (χ0v) is 16.2. The van der Waals surface area contributed by atoms with Gasteiger partial charge in [-0.15, -0.1) is 0 Å². The van der Waals surface area contributed by atoms with Gasteiger partial charge in [0.1, 0.15) is 11.5 Å². The van der Waals surface area contributed by atoms with Gasteiger partial charge < -0.3 is 9.47 Å². The van der Waals surface area contributed by atoms with Crippen molar-refractivity contribution >= 4 is 17.5 Å². The summed E-state index contributed by atoms with van der Waals surface area (Å²) in [7, 11) is 0. The van der Waals surface area contributed by atoms with Gasteiger partial charge in [-0.2, -0.15) is 0 Å². The second-order valence-electron chi connectivity index (χ2n) is 8.71. The second-order valence-corrected chi connectivity index (χ2v) is 8.71. The number of rotatable bonds is 3. The molecule has 0 bridgehead atoms. The van der Waals surface area contributed by atoms with E-state index in [1.807, 2.05) is 19.1 Å². The first-order chi connectivity index (χ1) is 13.3. The molecule has 1 saturated carbocycles. The number of aromatic nitrogens is 1. The average Bonchev–Trinajstić information content (AvgIpc) is 3.26. The summed E-state index contributed by atoms with van der Waals surface area (Å²) in [6.07, 6.45) is 3.95. The molecule has 2 aromatic rings. The molecule has 1 aliphatic carbocycles. The lowest BCUT2D eigenvalue weighted by Gasteiger charge is -2.18. The smallest absolute Gasteiger partial charge is 0.239 e. The largest absolute Gasteiger partial charge is 0.492 e. The Kier molecular flexibility index (Phi) is 3.42. The van der Waals surface area contributed by atoms with E-state index in [4.69, 9.17) is 9.47 Å². The molecular weight excluding hydrogens is 356 g/mol. The van der Waals surface area contributed by atoms with E-state index in [9.17, 15) is 9.59 Å². The molecule has 1 saturated heterocycles. The van der Waals surface area contributed by atoms with Crippen LogP contribution in [0.3, 0.4) is 0 Å². The van der Waals surface area contributed by atoms with E-state index in [-0.39, 0.29) is 25.1 Å². The number of hydrogen-bond acceptors (Lipinski definition) is 5. The van der Waals surface area contributed by atoms with Gasteiger partial charge in [0.05, 0.1) is 23.9 Å². The van der Waals surface area contributed by atoms with Gasteiger partial charge in [-0.3, -0.25) is 9.59 Å². The lowest BCUT2D eigenvalue weighted by molar-refractivity contribution is -0.124. The highest BCUT2D eigenvalue weighted by Crippen LogP contribution is 2.59. The Morgan fingerprint density at radius 1 is 1.18 bits per heavy atom. The third-order valence-electron chi connectivity index (χ3n) is 6.01. The van der Waals surface area contributed by atoms with Gasteiger partial charge in [-0.05, 0) is 37.5 Å². The minimum Gasteiger partial charge on any atom is -0.492 e. The first-order valence-electron chi connectivity index (χ1n) is 9.59. The van der Waals surface area contributed by atoms with Gasteiger partial charge in [0.2, 0.25) is 17.7 Å². The number of amides is 2. The number of nitrogens with zero attached hydrogens (tertiary/aromatic N) is 2. The number of anilines is 1. The number of carbonyl (C=O) groups is 2. The van der Waals surface area contributed by atoms with Crippen LogP contribution in [0.2, 0.25) is 0 Å². The quantitative estimate of drug-likeness (QED) is 0.749. The zero-order chi connectivity index (χ0) is 19.7. The third kappa shape index (κ3) is 2.44. The summed E-state index contributed by atoms with van der Waals surface area (Å²) in [6, 6.07) is 7.36. The summed E-state index contributed by atoms with van der Waals surface area (Å²) in [4.78, 5) is 30.3. The highest BCUT2D eigenvalue weighted by molar-refractivity contribution is 6.22. The van der Waals surface area contributed by atoms with Crippen LogP contribution in [0, 0.1) is 12.3 Å². The highest BCUT2D eigenvalue weighted by Gasteiger charge is 2.53. The Balaban J connectivity index is 0.00000205. The van der Waals surface area contributed by atoms with Crippen molar-refractivity contribution in [1.29, 1.82) is 0 Å². The number of carbonyl (C=O) groups excluding carboxylic acids is 2. The number of hydrogen-bond donors (Lipinski definition) is 0. The second kappa shape index (κ2) is 5.56. The third-order valence-corrected chi connectivity index (χ3v) is 6.01. The lowest BCUT2D eigenvalue weighted by atomic mass is 9.92. The molecule has 146 valence electrons. The van der Waals surface area contributed by atoms with Gasteiger partial charge in [0.15, 0.2) is 0 Å². The molecular formula is C22H24N2O4. The topological polar surface area (TPSA) is 68.7 Å². The minimum absolute atomic E-state index is 0. The monoisotopic (exact) mass is 380 g/mol. The molecule has 6 nitrogen and oxygen atoms in total. The summed E-state index contributed by atoms with van der Waals surface area (Å²) >= 11 is 0. The number of imide groups is 1. The standard InChI is InChI=1S/C22H22N2O4.H2/c1-13-4-6-15(18-19(13)27-12-22(18)8-9-22)28-16-7-5-14(11-23-16)24-17(25)10-21(2,3)20(24)26;/h4-7,11H,8-10,12H2,1-3H3;1H. The number of pyridine rings is 1. The molecule has 0 N–H and O–H groups in total. The van der Waals surface area contributed by atoms with E-state index in [0.717, 1.165) is 35.5 Å². The van der Waals surface area contributed by atoms with Crippen LogP contribution in [0.15, 0.2) is 30.5 Å². The number of aryl methyl sites for hydroxylation is 1. The fourth-order valence-electron chi connectivity index (χ4n) is 4.16. The zero-order valence-electron chi connectivity index (χ0n) is 16.2. The van der Waals surface area contributed by atoms with Gasteiger partial charge in [-0.25, -0.2) is 9.88 Å². The molecule has 0 atom stereocenters. The van der Waals surface area contributed by atoms with E-state index in [0.29, 0.717) is 18.2 Å². The average molecular weight is 380 g/mol. The SMILES string of the molecule is Cc1ccc(Oc2ccc(N3C(=O)CC(C)(C)C3=O)cn2)c2c1OCC21CC1.[HH]. The van der Waals surface area contributed by atoms with Crippen LogP contribution >= 0.6 is 0 Å². The summed E-state index contributed by atoms with van der Waals surface area (Å²) in [5.74, 6) is 1.73. The van der Waals surface area contributed by atoms with Gasteiger partial charge in [-0.1, -0.05) is 19.9 Å². The van der Waals surface area contributed by atoms with Crippen LogP contribution in [-0.2, 0) is 15.0 Å². The Bertz CT molecular complexity index is 1010. The van der Waals surface area contributed by atoms with Crippen LogP contribution in [0.1, 0.15) is 45.7 Å². The molecule has 2 aliphatic heterocycles. The summed E-state index contributed by atoms with van der Waals surface area (Å²) in [5, 5.41) is 0. The summed E-state index contributed by atoms with van der Waals surface area (Å²) < 4.78 is 12.0. The van der Waals surface area contributed by atoms with Crippen molar-refractivity contribution in [2.24, 2.45) is 5.41 Å². The molecule has 5 rings (SSSR count). The first kappa shape index (κ1) is 17.2. The van der Waals surface area contributed by atoms with Crippen molar-refractivity contribution in [1.82, 2.24) is 4.98 Å². The molecule has 1 aromatic carbocycles. The van der Waals surface area contributed by atoms with Crippen LogP contribution in [0.4, 0.5) is 5.69 Å². The maximum atomic E-state index is 12.5. The first-order valence-corrected chi connectivity index (χ1v) is 9.59. The van der Waals surface area contributed by atoms with E-state index in [2.05, 4.69) is 4.98 Å². The van der Waals surface area contributed by atoms with Crippen molar-refractivity contribution in [2.75, 3.05) is 11.5 Å². The summed E-state index contributed by atoms with van der Waals surface area (Å²) in [5.41, 5.74) is 2.15. The van der Waals surface area contributed by atoms with Crippen molar-refractivity contribution in [3.05, 3.63) is 41.6 Å². The van der Waals surface area contributed by atoms with E-state index >= 15 is 0 Å². The molecule has 1 spiro atoms. The number of fused-ring (bicyclic) bond motifs is 2. The Morgan fingerprint density at radius 3 is 2.57 bits per heavy atom. The predicted molar refractivity (Wildman–Crippen MR) is 105 cm³/mol. The van der Waals surface area contributed by atoms with Crippen LogP contribution in [0.5, 0.6) is 17.4 Å². The summed E-state index contributed by atoms with van der Waals surface area (Å²) in [6.45, 7) is 6.32. The number of benzene rings is 1. The van der Waals surface area contributed by atoms with Crippen molar-refractivity contribution in [3.63, 3.8) is 0 Å². The van der Waals surface area contributed by atoms with Gasteiger partial charge in [0, 0.05) is 24.9 Å². The highest BCUT2D eigenvalue weighted by atomic mass is 16.5. The fraction of sp³-hybridized carbons (Fsp3) is 0.409. The molecule has 2 fully saturated rings. The van der Waals surface area contributed by atoms with Crippen molar-refractivity contribution in [3.8, 4) is 17.4 Å². The van der Waals surface area contributed by atoms with Crippen LogP contribution in [-0.4, -0.2) is 23.4 Å². The molecule has 1 aromatic heterocycles. The number of ether oxygens (including phenoxy) is 2. The Labute approximate surface area is 164 Å². The van der Waals surface area contributed by atoms with Crippen molar-refractivity contribution < 1.29 is 20.5 Å². The molecule has 0 radical (unpaired) electrons. The predicted octanol–water partition coefficient (Wildman–Crippen LogP) is 4.14. The minimum atomic E-state index is -0.673. The molecule has 6 heteroatoms. The molecule has 0 unspecified atom stereocenters. The van der Waals surface area contributed by atoms with E-state index in [1.165, 1.54) is 11.1 Å². The van der Waals surface area contributed by atoms with Crippen LogP contribution < -0.4 is 14.4 Å². The van der Waals surface area contributed by atoms with Crippen molar-refractivity contribution in [2.45, 2.75) is 45.4 Å². The normalized spacial score (nSPS) is 21.0. The fourth-order valence-corrected chi connectivity index (χ4v) is 4.16. The van der Waals surface area contributed by atoms with Crippen LogP contribution in [0.25, 0.3) is 0 Å². The maximum Gasteiger partial charge on any atom is 0.239 e. The molecule has 28 heavy (non-hydrogen) atoms. The molecule has 3 aliphatic rings. The van der Waals surface area contributed by atoms with E-state index in [1.54, 1.807) is 26.0 Å². The van der Waals surface area contributed by atoms with Gasteiger partial charge in [0.25, 0.3) is 0 Å². The Hall–Kier alpha value is -2.89. The molecule has 2 amide bonds.